The van der Waals surface area contributed by atoms with Crippen molar-refractivity contribution in [2.45, 2.75) is 71.4 Å². The maximum absolute atomic E-state index is 10.5. The fraction of sp³-hybridized carbons (Fsp3) is 0.812. The van der Waals surface area contributed by atoms with E-state index in [-0.39, 0.29) is 6.10 Å². The molecule has 1 unspecified atom stereocenters. The second kappa shape index (κ2) is 7.09. The van der Waals surface area contributed by atoms with Crippen LogP contribution in [0.4, 0.5) is 0 Å². The van der Waals surface area contributed by atoms with E-state index in [0.717, 1.165) is 24.4 Å². The van der Waals surface area contributed by atoms with E-state index in [2.05, 4.69) is 18.9 Å². The molecule has 108 valence electrons. The average Bonchev–Trinajstić information content (AvgIpc) is 2.88. The van der Waals surface area contributed by atoms with Gasteiger partial charge < -0.3 is 5.11 Å². The van der Waals surface area contributed by atoms with Crippen LogP contribution in [0, 0.1) is 11.8 Å². The quantitative estimate of drug-likeness (QED) is 0.845. The van der Waals surface area contributed by atoms with Crippen LogP contribution in [-0.2, 0) is 6.54 Å². The van der Waals surface area contributed by atoms with Crippen molar-refractivity contribution in [1.82, 2.24) is 9.78 Å². The zero-order chi connectivity index (χ0) is 13.7. The molecule has 0 bridgehead atoms. The van der Waals surface area contributed by atoms with Gasteiger partial charge in [0.15, 0.2) is 0 Å². The number of hydrogen-bond donors (Lipinski definition) is 1. The van der Waals surface area contributed by atoms with Gasteiger partial charge in [-0.15, -0.1) is 0 Å². The molecule has 1 heterocycles. The standard InChI is InChI=1S/C16H28N2O/c1-3-5-13-6-8-14(9-7-13)16(19)15-11-17-18(12-15)10-4-2/h11-14,16,19H,3-10H2,1-2H3. The first-order chi connectivity index (χ1) is 9.24. The fourth-order valence-electron chi connectivity index (χ4n) is 3.36. The molecule has 1 aliphatic rings. The largest absolute Gasteiger partial charge is 0.388 e. The van der Waals surface area contributed by atoms with Crippen molar-refractivity contribution in [2.24, 2.45) is 11.8 Å². The smallest absolute Gasteiger partial charge is 0.0848 e. The van der Waals surface area contributed by atoms with Crippen molar-refractivity contribution in [3.63, 3.8) is 0 Å². The molecule has 1 aromatic heterocycles. The van der Waals surface area contributed by atoms with Crippen LogP contribution >= 0.6 is 0 Å². The van der Waals surface area contributed by atoms with Crippen molar-refractivity contribution in [3.8, 4) is 0 Å². The van der Waals surface area contributed by atoms with Gasteiger partial charge in [0.1, 0.15) is 0 Å². The van der Waals surface area contributed by atoms with Crippen molar-refractivity contribution in [3.05, 3.63) is 18.0 Å². The molecule has 1 N–H and O–H groups in total. The maximum Gasteiger partial charge on any atom is 0.0848 e. The second-order valence-electron chi connectivity index (χ2n) is 6.05. The van der Waals surface area contributed by atoms with Crippen molar-refractivity contribution in [2.75, 3.05) is 0 Å². The van der Waals surface area contributed by atoms with E-state index in [4.69, 9.17) is 0 Å². The summed E-state index contributed by atoms with van der Waals surface area (Å²) in [5, 5.41) is 14.8. The van der Waals surface area contributed by atoms with E-state index in [9.17, 15) is 5.11 Å². The van der Waals surface area contributed by atoms with E-state index in [1.165, 1.54) is 38.5 Å². The molecule has 1 aliphatic carbocycles. The Bertz CT molecular complexity index is 367. The molecule has 1 aromatic rings. The molecule has 3 heteroatoms. The summed E-state index contributed by atoms with van der Waals surface area (Å²) >= 11 is 0. The molecular weight excluding hydrogens is 236 g/mol. The highest BCUT2D eigenvalue weighted by molar-refractivity contribution is 5.09. The molecule has 0 aliphatic heterocycles. The van der Waals surface area contributed by atoms with Crippen molar-refractivity contribution < 1.29 is 5.11 Å². The van der Waals surface area contributed by atoms with Gasteiger partial charge in [-0.05, 0) is 31.1 Å². The summed E-state index contributed by atoms with van der Waals surface area (Å²) in [6.45, 7) is 5.35. The third kappa shape index (κ3) is 3.82. The fourth-order valence-corrected chi connectivity index (χ4v) is 3.36. The lowest BCUT2D eigenvalue weighted by molar-refractivity contribution is 0.0721. The highest BCUT2D eigenvalue weighted by Crippen LogP contribution is 2.38. The Morgan fingerprint density at radius 1 is 1.26 bits per heavy atom. The third-order valence-electron chi connectivity index (χ3n) is 4.48. The Morgan fingerprint density at radius 2 is 2.00 bits per heavy atom. The normalized spacial score (nSPS) is 25.4. The molecule has 1 fully saturated rings. The van der Waals surface area contributed by atoms with Crippen LogP contribution in [0.1, 0.15) is 70.5 Å². The molecule has 1 saturated carbocycles. The van der Waals surface area contributed by atoms with E-state index in [0.29, 0.717) is 5.92 Å². The van der Waals surface area contributed by atoms with Crippen LogP contribution in [0.25, 0.3) is 0 Å². The highest BCUT2D eigenvalue weighted by Gasteiger charge is 2.27. The van der Waals surface area contributed by atoms with Gasteiger partial charge in [-0.25, -0.2) is 0 Å². The van der Waals surface area contributed by atoms with Gasteiger partial charge in [0.2, 0.25) is 0 Å². The van der Waals surface area contributed by atoms with Crippen LogP contribution in [0.3, 0.4) is 0 Å². The molecule has 0 amide bonds. The maximum atomic E-state index is 10.5. The Hall–Kier alpha value is -0.830. The van der Waals surface area contributed by atoms with Crippen LogP contribution in [0.2, 0.25) is 0 Å². The molecule has 1 atom stereocenters. The second-order valence-corrected chi connectivity index (χ2v) is 6.05. The minimum Gasteiger partial charge on any atom is -0.388 e. The van der Waals surface area contributed by atoms with Crippen LogP contribution in [0.5, 0.6) is 0 Å². The summed E-state index contributed by atoms with van der Waals surface area (Å²) in [6.07, 6.45) is 12.2. The Labute approximate surface area is 117 Å². The average molecular weight is 264 g/mol. The Morgan fingerprint density at radius 3 is 2.63 bits per heavy atom. The predicted molar refractivity (Wildman–Crippen MR) is 77.8 cm³/mol. The molecular formula is C16H28N2O. The first-order valence-corrected chi connectivity index (χ1v) is 7.95. The topological polar surface area (TPSA) is 38.1 Å². The number of aromatic nitrogens is 2. The lowest BCUT2D eigenvalue weighted by Gasteiger charge is -2.31. The summed E-state index contributed by atoms with van der Waals surface area (Å²) in [6, 6.07) is 0. The van der Waals surface area contributed by atoms with E-state index < -0.39 is 0 Å². The van der Waals surface area contributed by atoms with E-state index in [1.807, 2.05) is 17.1 Å². The molecule has 0 radical (unpaired) electrons. The summed E-state index contributed by atoms with van der Waals surface area (Å²) in [5.41, 5.74) is 1.01. The molecule has 0 aromatic carbocycles. The highest BCUT2D eigenvalue weighted by atomic mass is 16.3. The Balaban J connectivity index is 1.87. The first-order valence-electron chi connectivity index (χ1n) is 7.95. The van der Waals surface area contributed by atoms with Gasteiger partial charge in [0.25, 0.3) is 0 Å². The molecule has 2 rings (SSSR count). The number of rotatable bonds is 6. The summed E-state index contributed by atoms with van der Waals surface area (Å²) in [7, 11) is 0. The van der Waals surface area contributed by atoms with Crippen molar-refractivity contribution >= 4 is 0 Å². The lowest BCUT2D eigenvalue weighted by Crippen LogP contribution is -2.20. The number of hydrogen-bond acceptors (Lipinski definition) is 2. The van der Waals surface area contributed by atoms with Gasteiger partial charge in [-0.1, -0.05) is 39.5 Å². The van der Waals surface area contributed by atoms with Gasteiger partial charge in [-0.3, -0.25) is 4.68 Å². The van der Waals surface area contributed by atoms with Gasteiger partial charge in [-0.2, -0.15) is 5.10 Å². The monoisotopic (exact) mass is 264 g/mol. The minimum absolute atomic E-state index is 0.312. The zero-order valence-corrected chi connectivity index (χ0v) is 12.4. The number of aliphatic hydroxyl groups excluding tert-OH is 1. The minimum atomic E-state index is -0.312. The summed E-state index contributed by atoms with van der Waals surface area (Å²) in [5.74, 6) is 1.34. The van der Waals surface area contributed by atoms with Crippen LogP contribution < -0.4 is 0 Å². The Kier molecular flexibility index (Phi) is 5.44. The van der Waals surface area contributed by atoms with Gasteiger partial charge in [0, 0.05) is 18.3 Å². The van der Waals surface area contributed by atoms with Crippen molar-refractivity contribution in [1.29, 1.82) is 0 Å². The van der Waals surface area contributed by atoms with Gasteiger partial charge >= 0.3 is 0 Å². The molecule has 19 heavy (non-hydrogen) atoms. The summed E-state index contributed by atoms with van der Waals surface area (Å²) < 4.78 is 1.95. The summed E-state index contributed by atoms with van der Waals surface area (Å²) in [4.78, 5) is 0. The molecule has 3 nitrogen and oxygen atoms in total. The number of aryl methyl sites for hydroxylation is 1. The first kappa shape index (κ1) is 14.6. The lowest BCUT2D eigenvalue weighted by atomic mass is 9.77. The number of nitrogens with zero attached hydrogens (tertiary/aromatic N) is 2. The predicted octanol–water partition coefficient (Wildman–Crippen LogP) is 3.93. The molecule has 0 spiro atoms. The number of aliphatic hydroxyl groups is 1. The van der Waals surface area contributed by atoms with Gasteiger partial charge in [0.05, 0.1) is 12.3 Å². The van der Waals surface area contributed by atoms with Crippen LogP contribution in [-0.4, -0.2) is 14.9 Å². The zero-order valence-electron chi connectivity index (χ0n) is 12.4. The SMILES string of the molecule is CCCC1CCC(C(O)c2cnn(CCC)c2)CC1. The molecule has 0 saturated heterocycles. The van der Waals surface area contributed by atoms with Crippen LogP contribution in [0.15, 0.2) is 12.4 Å². The van der Waals surface area contributed by atoms with E-state index >= 15 is 0 Å². The third-order valence-corrected chi connectivity index (χ3v) is 4.48. The van der Waals surface area contributed by atoms with E-state index in [1.54, 1.807) is 0 Å².